The Kier molecular flexibility index (Phi) is 6.87. The molecule has 0 unspecified atom stereocenters. The number of nitrogens with one attached hydrogen (secondary N) is 2. The lowest BCUT2D eigenvalue weighted by molar-refractivity contribution is 0.584. The number of hydrogen-bond donors (Lipinski definition) is 2. The van der Waals surface area contributed by atoms with Gasteiger partial charge in [0.15, 0.2) is 0 Å². The molecule has 2 aromatic heterocycles. The molecule has 0 aliphatic rings. The Morgan fingerprint density at radius 1 is 1.14 bits per heavy atom. The minimum absolute atomic E-state index is 0.187. The number of sulfone groups is 1. The number of anilines is 1. The van der Waals surface area contributed by atoms with Crippen LogP contribution in [0.4, 0.5) is 5.82 Å². The van der Waals surface area contributed by atoms with Crippen LogP contribution in [0.1, 0.15) is 24.8 Å². The predicted molar refractivity (Wildman–Crippen MR) is 118 cm³/mol. The van der Waals surface area contributed by atoms with Gasteiger partial charge in [0, 0.05) is 31.2 Å². The number of halogens is 2. The second kappa shape index (κ2) is 9.19. The van der Waals surface area contributed by atoms with Gasteiger partial charge in [-0.05, 0) is 30.5 Å². The van der Waals surface area contributed by atoms with Crippen molar-refractivity contribution >= 4 is 49.9 Å². The zero-order valence-electron chi connectivity index (χ0n) is 15.9. The number of imidazole rings is 1. The highest BCUT2D eigenvalue weighted by atomic mass is 35.5. The Bertz CT molecular complexity index is 1170. The average Bonchev–Trinajstić information content (AvgIpc) is 3.05. The molecule has 0 amide bonds. The molecule has 3 rings (SSSR count). The van der Waals surface area contributed by atoms with Crippen LogP contribution in [0, 0.1) is 0 Å². The third kappa shape index (κ3) is 5.98. The lowest BCUT2D eigenvalue weighted by Gasteiger charge is -2.08. The van der Waals surface area contributed by atoms with Gasteiger partial charge in [-0.25, -0.2) is 13.4 Å². The molecule has 0 saturated carbocycles. The van der Waals surface area contributed by atoms with Gasteiger partial charge in [-0.1, -0.05) is 35.7 Å². The number of rotatable bonds is 9. The number of nitrogens with zero attached hydrogens (tertiary/aromatic N) is 2. The van der Waals surface area contributed by atoms with Crippen molar-refractivity contribution in [2.75, 3.05) is 17.3 Å². The lowest BCUT2D eigenvalue weighted by Crippen LogP contribution is -2.14. The predicted octanol–water partition coefficient (Wildman–Crippen LogP) is 3.86. The SMILES string of the molecule is CS(=O)(=O)CCCCCn1cnc2cc(NCc3ccc(Cl)c(Cl)c3)[nH]c(=O)c21. The summed E-state index contributed by atoms with van der Waals surface area (Å²) in [5, 5.41) is 4.13. The van der Waals surface area contributed by atoms with Crippen LogP contribution >= 0.6 is 23.2 Å². The summed E-state index contributed by atoms with van der Waals surface area (Å²) >= 11 is 11.9. The van der Waals surface area contributed by atoms with Crippen LogP contribution in [0.3, 0.4) is 0 Å². The van der Waals surface area contributed by atoms with Gasteiger partial charge in [0.2, 0.25) is 0 Å². The fourth-order valence-corrected chi connectivity index (χ4v) is 4.09. The second-order valence-electron chi connectivity index (χ2n) is 6.98. The van der Waals surface area contributed by atoms with Gasteiger partial charge < -0.3 is 14.9 Å². The molecule has 10 heteroatoms. The number of fused-ring (bicyclic) bond motifs is 1. The zero-order valence-corrected chi connectivity index (χ0v) is 18.2. The van der Waals surface area contributed by atoms with Crippen molar-refractivity contribution in [1.82, 2.24) is 14.5 Å². The van der Waals surface area contributed by atoms with E-state index < -0.39 is 9.84 Å². The van der Waals surface area contributed by atoms with E-state index in [1.165, 1.54) is 6.26 Å². The Hall–Kier alpha value is -2.03. The van der Waals surface area contributed by atoms with Crippen molar-refractivity contribution in [3.8, 4) is 0 Å². The summed E-state index contributed by atoms with van der Waals surface area (Å²) in [6.07, 6.45) is 5.04. The van der Waals surface area contributed by atoms with E-state index >= 15 is 0 Å². The van der Waals surface area contributed by atoms with Crippen molar-refractivity contribution in [3.05, 3.63) is 56.6 Å². The number of pyridine rings is 1. The van der Waals surface area contributed by atoms with Gasteiger partial charge in [0.05, 0.1) is 21.9 Å². The van der Waals surface area contributed by atoms with Gasteiger partial charge >= 0.3 is 0 Å². The van der Waals surface area contributed by atoms with Crippen molar-refractivity contribution in [3.63, 3.8) is 0 Å². The summed E-state index contributed by atoms with van der Waals surface area (Å²) in [4.78, 5) is 19.7. The van der Waals surface area contributed by atoms with Crippen molar-refractivity contribution in [2.24, 2.45) is 0 Å². The molecule has 156 valence electrons. The maximum atomic E-state index is 12.5. The maximum Gasteiger partial charge on any atom is 0.275 e. The van der Waals surface area contributed by atoms with Crippen molar-refractivity contribution < 1.29 is 8.42 Å². The third-order valence-corrected chi connectivity index (χ3v) is 6.26. The molecule has 3 aromatic rings. The summed E-state index contributed by atoms with van der Waals surface area (Å²) in [5.74, 6) is 0.749. The quantitative estimate of drug-likeness (QED) is 0.476. The first kappa shape index (κ1) is 21.7. The largest absolute Gasteiger partial charge is 0.367 e. The Labute approximate surface area is 179 Å². The summed E-state index contributed by atoms with van der Waals surface area (Å²) in [6, 6.07) is 7.14. The van der Waals surface area contributed by atoms with E-state index in [1.807, 2.05) is 6.07 Å². The van der Waals surface area contributed by atoms with Gasteiger partial charge in [-0.2, -0.15) is 0 Å². The standard InChI is InChI=1S/C19H22Cl2N4O3S/c1-29(27,28)8-4-2-3-7-25-12-23-16-10-17(24-19(26)18(16)25)22-11-13-5-6-14(20)15(21)9-13/h5-6,9-10,12H,2-4,7-8,11H2,1H3,(H2,22,24,26). The molecule has 0 bridgehead atoms. The molecule has 0 spiro atoms. The van der Waals surface area contributed by atoms with Gasteiger partial charge in [-0.15, -0.1) is 0 Å². The third-order valence-electron chi connectivity index (χ3n) is 4.49. The molecule has 2 N–H and O–H groups in total. The minimum Gasteiger partial charge on any atom is -0.367 e. The zero-order chi connectivity index (χ0) is 21.0. The molecular weight excluding hydrogens is 435 g/mol. The molecule has 1 aromatic carbocycles. The van der Waals surface area contributed by atoms with E-state index in [0.29, 0.717) is 46.4 Å². The highest BCUT2D eigenvalue weighted by Gasteiger charge is 2.10. The number of benzene rings is 1. The molecule has 29 heavy (non-hydrogen) atoms. The topological polar surface area (TPSA) is 96.8 Å². The number of unbranched alkanes of at least 4 members (excludes halogenated alkanes) is 2. The number of hydrogen-bond acceptors (Lipinski definition) is 5. The highest BCUT2D eigenvalue weighted by molar-refractivity contribution is 7.90. The molecule has 0 fully saturated rings. The van der Waals surface area contributed by atoms with Crippen molar-refractivity contribution in [2.45, 2.75) is 32.4 Å². The Balaban J connectivity index is 1.64. The maximum absolute atomic E-state index is 12.5. The molecular formula is C19H22Cl2N4O3S. The first-order valence-electron chi connectivity index (χ1n) is 9.16. The van der Waals surface area contributed by atoms with Crippen LogP contribution in [0.2, 0.25) is 10.0 Å². The van der Waals surface area contributed by atoms with E-state index in [-0.39, 0.29) is 11.3 Å². The summed E-state index contributed by atoms with van der Waals surface area (Å²) < 4.78 is 24.1. The molecule has 0 aliphatic heterocycles. The molecule has 2 heterocycles. The monoisotopic (exact) mass is 456 g/mol. The highest BCUT2D eigenvalue weighted by Crippen LogP contribution is 2.23. The van der Waals surface area contributed by atoms with Gasteiger partial charge in [0.1, 0.15) is 21.2 Å². The van der Waals surface area contributed by atoms with Crippen LogP contribution in [-0.4, -0.2) is 35.0 Å². The molecule has 0 saturated heterocycles. The van der Waals surface area contributed by atoms with Crippen LogP contribution in [0.25, 0.3) is 11.0 Å². The second-order valence-corrected chi connectivity index (χ2v) is 10.1. The van der Waals surface area contributed by atoms with Crippen LogP contribution < -0.4 is 10.9 Å². The average molecular weight is 457 g/mol. The van der Waals surface area contributed by atoms with E-state index in [9.17, 15) is 13.2 Å². The fraction of sp³-hybridized carbons (Fsp3) is 0.368. The fourth-order valence-electron chi connectivity index (χ4n) is 3.04. The van der Waals surface area contributed by atoms with E-state index in [1.54, 1.807) is 29.1 Å². The van der Waals surface area contributed by atoms with Gasteiger partial charge in [0.25, 0.3) is 5.56 Å². The number of H-pyrrole nitrogens is 1. The summed E-state index contributed by atoms with van der Waals surface area (Å²) in [6.45, 7) is 1.08. The molecule has 0 radical (unpaired) electrons. The minimum atomic E-state index is -2.93. The first-order valence-corrected chi connectivity index (χ1v) is 12.0. The smallest absolute Gasteiger partial charge is 0.275 e. The number of aromatic nitrogens is 3. The Morgan fingerprint density at radius 2 is 1.93 bits per heavy atom. The summed E-state index contributed by atoms with van der Waals surface area (Å²) in [7, 11) is -2.93. The molecule has 0 atom stereocenters. The molecule has 7 nitrogen and oxygen atoms in total. The Morgan fingerprint density at radius 3 is 2.66 bits per heavy atom. The van der Waals surface area contributed by atoms with E-state index in [2.05, 4.69) is 15.3 Å². The van der Waals surface area contributed by atoms with Crippen LogP contribution in [0.15, 0.2) is 35.4 Å². The van der Waals surface area contributed by atoms with Crippen LogP contribution in [0.5, 0.6) is 0 Å². The number of aryl methyl sites for hydroxylation is 1. The first-order chi connectivity index (χ1) is 13.7. The summed E-state index contributed by atoms with van der Waals surface area (Å²) in [5.41, 5.74) is 1.81. The van der Waals surface area contributed by atoms with E-state index in [0.717, 1.165) is 18.4 Å². The normalized spacial score (nSPS) is 11.8. The van der Waals surface area contributed by atoms with Gasteiger partial charge in [-0.3, -0.25) is 4.79 Å². The van der Waals surface area contributed by atoms with Crippen molar-refractivity contribution in [1.29, 1.82) is 0 Å². The van der Waals surface area contributed by atoms with E-state index in [4.69, 9.17) is 23.2 Å². The lowest BCUT2D eigenvalue weighted by atomic mass is 10.2. The molecule has 0 aliphatic carbocycles. The number of aromatic amines is 1. The van der Waals surface area contributed by atoms with Crippen LogP contribution in [-0.2, 0) is 22.9 Å².